The summed E-state index contributed by atoms with van der Waals surface area (Å²) < 4.78 is 5.47. The second-order valence-electron chi connectivity index (χ2n) is 5.57. The average Bonchev–Trinajstić information content (AvgIpc) is 2.91. The Bertz CT molecular complexity index is 369. The van der Waals surface area contributed by atoms with Crippen LogP contribution in [0.25, 0.3) is 0 Å². The van der Waals surface area contributed by atoms with E-state index in [2.05, 4.69) is 50.5 Å². The maximum atomic E-state index is 5.47. The molecule has 1 saturated carbocycles. The summed E-state index contributed by atoms with van der Waals surface area (Å²) in [5.74, 6) is 1.71. The van der Waals surface area contributed by atoms with E-state index in [1.165, 1.54) is 12.0 Å². The molecule has 17 heavy (non-hydrogen) atoms. The Morgan fingerprint density at radius 3 is 2.35 bits per heavy atom. The third-order valence-electron chi connectivity index (χ3n) is 3.85. The van der Waals surface area contributed by atoms with Crippen LogP contribution < -0.4 is 10.1 Å². The number of rotatable bonds is 5. The first-order valence-corrected chi connectivity index (χ1v) is 6.48. The molecule has 0 heterocycles. The highest BCUT2D eigenvalue weighted by Gasteiger charge is 2.49. The van der Waals surface area contributed by atoms with Crippen LogP contribution in [-0.2, 0) is 0 Å². The molecule has 0 bridgehead atoms. The van der Waals surface area contributed by atoms with Gasteiger partial charge in [-0.1, -0.05) is 26.0 Å². The van der Waals surface area contributed by atoms with E-state index < -0.39 is 0 Å². The maximum absolute atomic E-state index is 5.47. The molecule has 0 amide bonds. The molecule has 2 atom stereocenters. The van der Waals surface area contributed by atoms with E-state index in [0.717, 1.165) is 18.3 Å². The topological polar surface area (TPSA) is 21.3 Å². The highest BCUT2D eigenvalue weighted by Crippen LogP contribution is 2.57. The monoisotopic (exact) mass is 233 g/mol. The SMILES string of the molecule is CCOc1ccc(C(NC)C2CC2(C)C)cc1. The van der Waals surface area contributed by atoms with Crippen LogP contribution in [0.2, 0.25) is 0 Å². The van der Waals surface area contributed by atoms with Crippen LogP contribution in [0.3, 0.4) is 0 Å². The Morgan fingerprint density at radius 2 is 1.94 bits per heavy atom. The van der Waals surface area contributed by atoms with Crippen LogP contribution in [0.1, 0.15) is 38.8 Å². The molecule has 2 unspecified atom stereocenters. The van der Waals surface area contributed by atoms with Crippen LogP contribution in [0.15, 0.2) is 24.3 Å². The normalized spacial score (nSPS) is 23.2. The van der Waals surface area contributed by atoms with E-state index in [1.807, 2.05) is 6.92 Å². The molecule has 94 valence electrons. The van der Waals surface area contributed by atoms with Gasteiger partial charge in [0.2, 0.25) is 0 Å². The Labute approximate surface area is 104 Å². The third-order valence-corrected chi connectivity index (χ3v) is 3.85. The van der Waals surface area contributed by atoms with E-state index in [-0.39, 0.29) is 0 Å². The largest absolute Gasteiger partial charge is 0.494 e. The maximum Gasteiger partial charge on any atom is 0.119 e. The average molecular weight is 233 g/mol. The number of ether oxygens (including phenoxy) is 1. The number of hydrogen-bond donors (Lipinski definition) is 1. The molecule has 1 fully saturated rings. The van der Waals surface area contributed by atoms with Gasteiger partial charge in [0.25, 0.3) is 0 Å². The summed E-state index contributed by atoms with van der Waals surface area (Å²) in [6, 6.07) is 8.97. The predicted octanol–water partition coefficient (Wildman–Crippen LogP) is 3.39. The lowest BCUT2D eigenvalue weighted by Gasteiger charge is -2.19. The van der Waals surface area contributed by atoms with Gasteiger partial charge in [-0.25, -0.2) is 0 Å². The van der Waals surface area contributed by atoms with Crippen LogP contribution >= 0.6 is 0 Å². The van der Waals surface area contributed by atoms with E-state index in [9.17, 15) is 0 Å². The first kappa shape index (κ1) is 12.4. The molecule has 0 aliphatic heterocycles. The first-order chi connectivity index (χ1) is 8.08. The zero-order valence-corrected chi connectivity index (χ0v) is 11.3. The minimum atomic E-state index is 0.473. The van der Waals surface area contributed by atoms with Gasteiger partial charge < -0.3 is 10.1 Å². The Hall–Kier alpha value is -1.02. The Balaban J connectivity index is 2.10. The summed E-state index contributed by atoms with van der Waals surface area (Å²) in [7, 11) is 2.05. The summed E-state index contributed by atoms with van der Waals surface area (Å²) in [5.41, 5.74) is 1.86. The van der Waals surface area contributed by atoms with Gasteiger partial charge in [0.15, 0.2) is 0 Å². The number of nitrogens with one attached hydrogen (secondary N) is 1. The minimum absolute atomic E-state index is 0.473. The lowest BCUT2D eigenvalue weighted by atomic mass is 9.97. The Morgan fingerprint density at radius 1 is 1.35 bits per heavy atom. The summed E-state index contributed by atoms with van der Waals surface area (Å²) in [4.78, 5) is 0. The van der Waals surface area contributed by atoms with Gasteiger partial charge in [-0.3, -0.25) is 0 Å². The zero-order chi connectivity index (χ0) is 12.5. The number of hydrogen-bond acceptors (Lipinski definition) is 2. The lowest BCUT2D eigenvalue weighted by Crippen LogP contribution is -2.20. The van der Waals surface area contributed by atoms with E-state index >= 15 is 0 Å². The highest BCUT2D eigenvalue weighted by atomic mass is 16.5. The van der Waals surface area contributed by atoms with Crippen LogP contribution in [0, 0.1) is 11.3 Å². The quantitative estimate of drug-likeness (QED) is 0.841. The van der Waals surface area contributed by atoms with Gasteiger partial charge in [0.1, 0.15) is 5.75 Å². The van der Waals surface area contributed by atoms with Gasteiger partial charge >= 0.3 is 0 Å². The molecule has 0 spiro atoms. The van der Waals surface area contributed by atoms with Crippen LogP contribution in [0.5, 0.6) is 5.75 Å². The second kappa shape index (κ2) is 4.69. The van der Waals surface area contributed by atoms with Gasteiger partial charge in [-0.15, -0.1) is 0 Å². The molecule has 2 heteroatoms. The van der Waals surface area contributed by atoms with Crippen LogP contribution in [0.4, 0.5) is 0 Å². The minimum Gasteiger partial charge on any atom is -0.494 e. The Kier molecular flexibility index (Phi) is 3.43. The zero-order valence-electron chi connectivity index (χ0n) is 11.3. The smallest absolute Gasteiger partial charge is 0.119 e. The van der Waals surface area contributed by atoms with Crippen molar-refractivity contribution in [3.63, 3.8) is 0 Å². The van der Waals surface area contributed by atoms with Gasteiger partial charge in [0, 0.05) is 6.04 Å². The second-order valence-corrected chi connectivity index (χ2v) is 5.57. The van der Waals surface area contributed by atoms with Gasteiger partial charge in [-0.05, 0) is 49.4 Å². The van der Waals surface area contributed by atoms with Crippen molar-refractivity contribution in [3.05, 3.63) is 29.8 Å². The molecule has 0 radical (unpaired) electrons. The van der Waals surface area contributed by atoms with Crippen molar-refractivity contribution in [2.75, 3.05) is 13.7 Å². The van der Waals surface area contributed by atoms with Crippen molar-refractivity contribution in [2.24, 2.45) is 11.3 Å². The lowest BCUT2D eigenvalue weighted by molar-refractivity contribution is 0.340. The van der Waals surface area contributed by atoms with Crippen molar-refractivity contribution >= 4 is 0 Å². The summed E-state index contributed by atoms with van der Waals surface area (Å²) in [6.07, 6.45) is 1.31. The summed E-state index contributed by atoms with van der Waals surface area (Å²) in [5, 5.41) is 3.45. The van der Waals surface area contributed by atoms with E-state index in [4.69, 9.17) is 4.74 Å². The first-order valence-electron chi connectivity index (χ1n) is 6.48. The third kappa shape index (κ3) is 2.63. The molecule has 1 aromatic carbocycles. The fourth-order valence-electron chi connectivity index (χ4n) is 2.62. The highest BCUT2D eigenvalue weighted by molar-refractivity contribution is 5.30. The van der Waals surface area contributed by atoms with E-state index in [0.29, 0.717) is 11.5 Å². The van der Waals surface area contributed by atoms with E-state index in [1.54, 1.807) is 0 Å². The molecule has 1 aliphatic carbocycles. The van der Waals surface area contributed by atoms with Gasteiger partial charge in [-0.2, -0.15) is 0 Å². The summed E-state index contributed by atoms with van der Waals surface area (Å²) in [6.45, 7) is 7.43. The molecule has 2 rings (SSSR count). The molecular weight excluding hydrogens is 210 g/mol. The number of benzene rings is 1. The molecule has 1 aliphatic rings. The molecule has 0 saturated heterocycles. The van der Waals surface area contributed by atoms with Crippen molar-refractivity contribution in [3.8, 4) is 5.75 Å². The van der Waals surface area contributed by atoms with Crippen molar-refractivity contribution in [1.82, 2.24) is 5.32 Å². The molecule has 1 N–H and O–H groups in total. The molecule has 1 aromatic rings. The molecular formula is C15H23NO. The predicted molar refractivity (Wildman–Crippen MR) is 71.3 cm³/mol. The van der Waals surface area contributed by atoms with Crippen molar-refractivity contribution in [1.29, 1.82) is 0 Å². The fraction of sp³-hybridized carbons (Fsp3) is 0.600. The van der Waals surface area contributed by atoms with Crippen molar-refractivity contribution < 1.29 is 4.74 Å². The molecule has 0 aromatic heterocycles. The fourth-order valence-corrected chi connectivity index (χ4v) is 2.62. The van der Waals surface area contributed by atoms with Gasteiger partial charge in [0.05, 0.1) is 6.61 Å². The van der Waals surface area contributed by atoms with Crippen LogP contribution in [-0.4, -0.2) is 13.7 Å². The van der Waals surface area contributed by atoms with Crippen molar-refractivity contribution in [2.45, 2.75) is 33.2 Å². The molecule has 2 nitrogen and oxygen atoms in total. The standard InChI is InChI=1S/C15H23NO/c1-5-17-12-8-6-11(7-9-12)14(16-4)13-10-15(13,2)3/h6-9,13-14,16H,5,10H2,1-4H3. The summed E-state index contributed by atoms with van der Waals surface area (Å²) >= 11 is 0.